The maximum atomic E-state index is 13.1. The van der Waals surface area contributed by atoms with Crippen molar-refractivity contribution in [2.45, 2.75) is 43.7 Å². The van der Waals surface area contributed by atoms with Crippen LogP contribution in [0.1, 0.15) is 38.2 Å². The Bertz CT molecular complexity index is 830. The average molecular weight is 384 g/mol. The number of para-hydroxylation sites is 1. The van der Waals surface area contributed by atoms with Crippen LogP contribution in [0, 0.1) is 0 Å². The summed E-state index contributed by atoms with van der Waals surface area (Å²) >= 11 is 6.17. The van der Waals surface area contributed by atoms with Gasteiger partial charge in [0.15, 0.2) is 0 Å². The van der Waals surface area contributed by atoms with Crippen molar-refractivity contribution in [1.29, 1.82) is 0 Å². The fourth-order valence-corrected chi connectivity index (χ4v) is 4.67. The minimum absolute atomic E-state index is 0.107. The first-order valence-electron chi connectivity index (χ1n) is 9.60. The Labute approximate surface area is 165 Å². The Morgan fingerprint density at radius 1 is 0.963 bits per heavy atom. The van der Waals surface area contributed by atoms with Gasteiger partial charge in [0, 0.05) is 34.9 Å². The number of amides is 2. The molecule has 0 spiro atoms. The third-order valence-electron chi connectivity index (χ3n) is 6.35. The van der Waals surface area contributed by atoms with E-state index in [1.165, 1.54) is 0 Å². The van der Waals surface area contributed by atoms with Gasteiger partial charge in [-0.2, -0.15) is 0 Å². The zero-order chi connectivity index (χ0) is 19.1. The fourth-order valence-electron chi connectivity index (χ4n) is 4.48. The molecule has 1 saturated carbocycles. The molecule has 2 amide bonds. The zero-order valence-corrected chi connectivity index (χ0v) is 16.5. The van der Waals surface area contributed by atoms with Crippen molar-refractivity contribution in [3.05, 3.63) is 65.2 Å². The molecular formula is C22H26ClN3O. The van der Waals surface area contributed by atoms with Crippen LogP contribution >= 0.6 is 11.6 Å². The second-order valence-corrected chi connectivity index (χ2v) is 8.52. The Hall–Kier alpha value is -2.04. The summed E-state index contributed by atoms with van der Waals surface area (Å²) < 4.78 is 0. The molecule has 0 radical (unpaired) electrons. The van der Waals surface area contributed by atoms with Crippen LogP contribution in [-0.4, -0.2) is 29.6 Å². The molecule has 1 aliphatic carbocycles. The van der Waals surface area contributed by atoms with Crippen molar-refractivity contribution in [1.82, 2.24) is 4.90 Å². The van der Waals surface area contributed by atoms with E-state index < -0.39 is 0 Å². The number of carbonyl (C=O) groups excluding carboxylic acids is 1. The molecule has 27 heavy (non-hydrogen) atoms. The quantitative estimate of drug-likeness (QED) is 0.829. The molecule has 1 heterocycles. The predicted octanol–water partition coefficient (Wildman–Crippen LogP) is 4.77. The minimum Gasteiger partial charge on any atom is -0.321 e. The maximum absolute atomic E-state index is 13.1. The Kier molecular flexibility index (Phi) is 4.65. The molecule has 2 aromatic rings. The molecule has 0 bridgehead atoms. The standard InChI is InChI=1S/C22H26ClN3O/c1-21(26-15-14-25(20(26)27)19-8-3-2-4-9-19)10-12-22(24,13-11-21)17-6-5-7-18(23)16-17/h2-9,16H,10-15,24H2,1H3. The summed E-state index contributed by atoms with van der Waals surface area (Å²) in [5.41, 5.74) is 8.29. The Morgan fingerprint density at radius 2 is 1.67 bits per heavy atom. The average Bonchev–Trinajstić information content (AvgIpc) is 3.07. The largest absolute Gasteiger partial charge is 0.325 e. The van der Waals surface area contributed by atoms with E-state index in [0.29, 0.717) is 0 Å². The van der Waals surface area contributed by atoms with Gasteiger partial charge in [-0.3, -0.25) is 4.90 Å². The topological polar surface area (TPSA) is 49.6 Å². The van der Waals surface area contributed by atoms with Crippen molar-refractivity contribution in [2.24, 2.45) is 5.73 Å². The van der Waals surface area contributed by atoms with Gasteiger partial charge in [-0.15, -0.1) is 0 Å². The van der Waals surface area contributed by atoms with E-state index in [1.54, 1.807) is 0 Å². The minimum atomic E-state index is -0.369. The van der Waals surface area contributed by atoms with E-state index in [-0.39, 0.29) is 17.1 Å². The first kappa shape index (κ1) is 18.3. The molecule has 2 aromatic carbocycles. The van der Waals surface area contributed by atoms with Crippen LogP contribution in [0.5, 0.6) is 0 Å². The lowest BCUT2D eigenvalue weighted by Crippen LogP contribution is -2.54. The Balaban J connectivity index is 1.49. The lowest BCUT2D eigenvalue weighted by atomic mass is 9.70. The number of nitrogens with zero attached hydrogens (tertiary/aromatic N) is 2. The number of rotatable bonds is 3. The van der Waals surface area contributed by atoms with E-state index in [1.807, 2.05) is 53.4 Å². The van der Waals surface area contributed by atoms with Crippen molar-refractivity contribution < 1.29 is 4.79 Å². The first-order valence-corrected chi connectivity index (χ1v) is 9.98. The molecule has 2 fully saturated rings. The number of urea groups is 1. The smallest absolute Gasteiger partial charge is 0.321 e. The third-order valence-corrected chi connectivity index (χ3v) is 6.58. The summed E-state index contributed by atoms with van der Waals surface area (Å²) in [6.45, 7) is 3.70. The molecule has 2 aliphatic rings. The van der Waals surface area contributed by atoms with Gasteiger partial charge in [0.05, 0.1) is 0 Å². The second-order valence-electron chi connectivity index (χ2n) is 8.08. The lowest BCUT2D eigenvalue weighted by molar-refractivity contribution is 0.0848. The van der Waals surface area contributed by atoms with Crippen LogP contribution in [0.15, 0.2) is 54.6 Å². The monoisotopic (exact) mass is 383 g/mol. The molecule has 5 heteroatoms. The SMILES string of the molecule is CC1(N2CCN(c3ccccc3)C2=O)CCC(N)(c2cccc(Cl)c2)CC1. The predicted molar refractivity (Wildman–Crippen MR) is 110 cm³/mol. The van der Waals surface area contributed by atoms with Gasteiger partial charge in [0.2, 0.25) is 0 Å². The van der Waals surface area contributed by atoms with Crippen LogP contribution in [0.25, 0.3) is 0 Å². The van der Waals surface area contributed by atoms with Crippen LogP contribution in [0.3, 0.4) is 0 Å². The van der Waals surface area contributed by atoms with E-state index in [0.717, 1.165) is 55.0 Å². The molecule has 1 aliphatic heterocycles. The number of hydrogen-bond acceptors (Lipinski definition) is 2. The first-order chi connectivity index (χ1) is 12.9. The highest BCUT2D eigenvalue weighted by molar-refractivity contribution is 6.30. The van der Waals surface area contributed by atoms with Crippen LogP contribution in [0.2, 0.25) is 5.02 Å². The highest BCUT2D eigenvalue weighted by Crippen LogP contribution is 2.43. The van der Waals surface area contributed by atoms with Crippen molar-refractivity contribution in [3.8, 4) is 0 Å². The van der Waals surface area contributed by atoms with Gasteiger partial charge < -0.3 is 10.6 Å². The van der Waals surface area contributed by atoms with Crippen molar-refractivity contribution >= 4 is 23.3 Å². The third kappa shape index (κ3) is 3.32. The number of nitrogens with two attached hydrogens (primary N) is 1. The normalized spacial score (nSPS) is 28.6. The molecule has 0 unspecified atom stereocenters. The number of carbonyl (C=O) groups is 1. The maximum Gasteiger partial charge on any atom is 0.325 e. The summed E-state index contributed by atoms with van der Waals surface area (Å²) in [6, 6.07) is 17.9. The van der Waals surface area contributed by atoms with Crippen LogP contribution in [0.4, 0.5) is 10.5 Å². The van der Waals surface area contributed by atoms with Gasteiger partial charge in [-0.05, 0) is 62.4 Å². The zero-order valence-electron chi connectivity index (χ0n) is 15.7. The van der Waals surface area contributed by atoms with Crippen molar-refractivity contribution in [3.63, 3.8) is 0 Å². The summed E-state index contributed by atoms with van der Waals surface area (Å²) in [5.74, 6) is 0. The number of halogens is 1. The summed E-state index contributed by atoms with van der Waals surface area (Å²) in [7, 11) is 0. The molecule has 1 saturated heterocycles. The van der Waals surface area contributed by atoms with E-state index >= 15 is 0 Å². The summed E-state index contributed by atoms with van der Waals surface area (Å²) in [4.78, 5) is 17.0. The lowest BCUT2D eigenvalue weighted by Gasteiger charge is -2.47. The second kappa shape index (κ2) is 6.84. The molecule has 4 nitrogen and oxygen atoms in total. The Morgan fingerprint density at radius 3 is 2.33 bits per heavy atom. The van der Waals surface area contributed by atoms with Crippen molar-refractivity contribution in [2.75, 3.05) is 18.0 Å². The van der Waals surface area contributed by atoms with E-state index in [9.17, 15) is 4.79 Å². The molecular weight excluding hydrogens is 358 g/mol. The van der Waals surface area contributed by atoms with Crippen LogP contribution in [-0.2, 0) is 5.54 Å². The molecule has 142 valence electrons. The van der Waals surface area contributed by atoms with Gasteiger partial charge in [-0.25, -0.2) is 4.79 Å². The van der Waals surface area contributed by atoms with E-state index in [4.69, 9.17) is 17.3 Å². The fraction of sp³-hybridized carbons (Fsp3) is 0.409. The molecule has 2 N–H and O–H groups in total. The van der Waals surface area contributed by atoms with Gasteiger partial charge in [-0.1, -0.05) is 41.9 Å². The molecule has 0 atom stereocenters. The number of hydrogen-bond donors (Lipinski definition) is 1. The molecule has 0 aromatic heterocycles. The number of benzene rings is 2. The summed E-state index contributed by atoms with van der Waals surface area (Å²) in [6.07, 6.45) is 3.48. The van der Waals surface area contributed by atoms with Gasteiger partial charge >= 0.3 is 6.03 Å². The number of anilines is 1. The molecule has 4 rings (SSSR count). The van der Waals surface area contributed by atoms with Gasteiger partial charge in [0.25, 0.3) is 0 Å². The van der Waals surface area contributed by atoms with E-state index in [2.05, 4.69) is 17.9 Å². The van der Waals surface area contributed by atoms with Crippen LogP contribution < -0.4 is 10.6 Å². The van der Waals surface area contributed by atoms with Gasteiger partial charge in [0.1, 0.15) is 0 Å². The highest BCUT2D eigenvalue weighted by Gasteiger charge is 2.46. The summed E-state index contributed by atoms with van der Waals surface area (Å²) in [5, 5.41) is 0.721. The highest BCUT2D eigenvalue weighted by atomic mass is 35.5.